The maximum Gasteiger partial charge on any atom is 0 e. The van der Waals surface area contributed by atoms with Crippen LogP contribution in [-0.2, 0) is 58.6 Å². The van der Waals surface area contributed by atoms with Crippen LogP contribution in [0.5, 0.6) is 0 Å². The Kier molecular flexibility index (Phi) is 1320. The van der Waals surface area contributed by atoms with Gasteiger partial charge in [0.05, 0.1) is 0 Å². The van der Waals surface area contributed by atoms with Crippen LogP contribution >= 0.6 is 0 Å². The molecule has 0 spiro atoms. The van der Waals surface area contributed by atoms with E-state index in [-0.39, 0.29) is 58.6 Å². The number of rotatable bonds is 0. The molecule has 0 fully saturated rings. The summed E-state index contributed by atoms with van der Waals surface area (Å²) >= 11 is 0. The molecule has 36 valence electrons. The largest absolute Gasteiger partial charge is 2.00 e. The van der Waals surface area contributed by atoms with Crippen LogP contribution < -0.4 is 0 Å². The van der Waals surface area contributed by atoms with Gasteiger partial charge >= 0.3 is 0 Å². The van der Waals surface area contributed by atoms with Crippen molar-refractivity contribution in [2.24, 2.45) is 0 Å². The molecule has 0 N–H and O–H groups in total. The Balaban J connectivity index is 0. The van der Waals surface area contributed by atoms with E-state index >= 15 is 0 Å². The van der Waals surface area contributed by atoms with E-state index in [0.717, 1.165) is 0 Å². The summed E-state index contributed by atoms with van der Waals surface area (Å²) in [4.78, 5) is 0. The molecule has 0 rings (SSSR count). The maximum absolute atomic E-state index is 0. The topological polar surface area (TPSA) is 85.5 Å². The Hall–Kier alpha value is 1.26. The van der Waals surface area contributed by atoms with Crippen molar-refractivity contribution in [3.63, 3.8) is 0 Å². The molecule has 0 aromatic heterocycles. The van der Waals surface area contributed by atoms with E-state index in [1.165, 1.54) is 0 Å². The van der Waals surface area contributed by atoms with Gasteiger partial charge in [-0.3, -0.25) is 0 Å². The van der Waals surface area contributed by atoms with Crippen LogP contribution in [0.4, 0.5) is 0 Å². The molecular formula is MoO3W-6. The molecule has 0 aliphatic heterocycles. The normalized spacial score (nSPS) is 0. The zero-order valence-electron chi connectivity index (χ0n) is 2.04. The van der Waals surface area contributed by atoms with Crippen molar-refractivity contribution in [3.05, 3.63) is 0 Å². The van der Waals surface area contributed by atoms with E-state index in [1.807, 2.05) is 0 Å². The quantitative estimate of drug-likeness (QED) is 0.544. The molecule has 0 saturated heterocycles. The SMILES string of the molecule is [Mo].[O-2].[O-2].[O-2].[W]. The fourth-order valence-electron chi connectivity index (χ4n) is 0. The predicted octanol–water partition coefficient (Wildman–Crippen LogP) is -0.361. The van der Waals surface area contributed by atoms with Gasteiger partial charge in [-0.2, -0.15) is 0 Å². The second kappa shape index (κ2) is 60.3. The summed E-state index contributed by atoms with van der Waals surface area (Å²) in [5.41, 5.74) is 0. The Bertz CT molecular complexity index is 6.85. The van der Waals surface area contributed by atoms with Gasteiger partial charge in [0, 0.05) is 42.1 Å². The molecule has 0 atom stereocenters. The number of hydrogen-bond acceptors (Lipinski definition) is 0. The zero-order valence-corrected chi connectivity index (χ0v) is 6.98. The molecule has 0 heterocycles. The molecule has 0 amide bonds. The van der Waals surface area contributed by atoms with Crippen LogP contribution in [0, 0.1) is 0 Å². The fourth-order valence-corrected chi connectivity index (χ4v) is 0. The summed E-state index contributed by atoms with van der Waals surface area (Å²) < 4.78 is 0. The summed E-state index contributed by atoms with van der Waals surface area (Å²) in [5.74, 6) is 0. The average molecular weight is 328 g/mol. The van der Waals surface area contributed by atoms with Gasteiger partial charge < -0.3 is 16.4 Å². The van der Waals surface area contributed by atoms with Crippen LogP contribution in [0.25, 0.3) is 0 Å². The molecule has 0 unspecified atom stereocenters. The first-order valence-corrected chi connectivity index (χ1v) is 0. The average Bonchev–Trinajstić information content (AvgIpc) is 0. The minimum absolute atomic E-state index is 0. The second-order valence-corrected chi connectivity index (χ2v) is 0. The summed E-state index contributed by atoms with van der Waals surface area (Å²) in [6, 6.07) is 0. The van der Waals surface area contributed by atoms with E-state index < -0.39 is 0 Å². The van der Waals surface area contributed by atoms with Crippen molar-refractivity contribution in [1.82, 2.24) is 0 Å². The van der Waals surface area contributed by atoms with Crippen molar-refractivity contribution in [2.45, 2.75) is 0 Å². The molecule has 0 aliphatic carbocycles. The van der Waals surface area contributed by atoms with Crippen LogP contribution in [0.15, 0.2) is 0 Å². The van der Waals surface area contributed by atoms with Gasteiger partial charge in [-0.15, -0.1) is 0 Å². The molecule has 0 aliphatic rings. The minimum atomic E-state index is 0. The van der Waals surface area contributed by atoms with Crippen LogP contribution in [0.3, 0.4) is 0 Å². The van der Waals surface area contributed by atoms with Gasteiger partial charge in [0.2, 0.25) is 0 Å². The monoisotopic (exact) mass is 330 g/mol. The van der Waals surface area contributed by atoms with Crippen molar-refractivity contribution in [1.29, 1.82) is 0 Å². The molecule has 5 heavy (non-hydrogen) atoms. The van der Waals surface area contributed by atoms with E-state index in [2.05, 4.69) is 0 Å². The van der Waals surface area contributed by atoms with Gasteiger partial charge in [0.25, 0.3) is 0 Å². The van der Waals surface area contributed by atoms with Crippen molar-refractivity contribution < 1.29 is 58.6 Å². The van der Waals surface area contributed by atoms with E-state index in [4.69, 9.17) is 0 Å². The van der Waals surface area contributed by atoms with E-state index in [9.17, 15) is 0 Å². The van der Waals surface area contributed by atoms with Gasteiger partial charge in [-0.1, -0.05) is 0 Å². The van der Waals surface area contributed by atoms with Crippen molar-refractivity contribution >= 4 is 0 Å². The molecule has 0 saturated carbocycles. The third-order valence-electron chi connectivity index (χ3n) is 0. The minimum Gasteiger partial charge on any atom is -2.00 e. The third-order valence-corrected chi connectivity index (χ3v) is 0. The zero-order chi connectivity index (χ0) is 0. The van der Waals surface area contributed by atoms with E-state index in [0.29, 0.717) is 0 Å². The summed E-state index contributed by atoms with van der Waals surface area (Å²) in [7, 11) is 0. The summed E-state index contributed by atoms with van der Waals surface area (Å²) in [6.07, 6.45) is 0. The maximum atomic E-state index is 0. The molecule has 5 heteroatoms. The van der Waals surface area contributed by atoms with Crippen LogP contribution in [0.1, 0.15) is 0 Å². The van der Waals surface area contributed by atoms with Crippen LogP contribution in [0.2, 0.25) is 0 Å². The molecule has 0 bridgehead atoms. The molecule has 0 aromatic carbocycles. The number of hydrogen-bond donors (Lipinski definition) is 0. The predicted molar refractivity (Wildman–Crippen MR) is 2.06 cm³/mol. The Morgan fingerprint density at radius 2 is 0.600 bits per heavy atom. The smallest absolute Gasteiger partial charge is 0 e. The summed E-state index contributed by atoms with van der Waals surface area (Å²) in [5, 5.41) is 0. The van der Waals surface area contributed by atoms with Gasteiger partial charge in [0.1, 0.15) is 0 Å². The first-order chi connectivity index (χ1) is 0. The molecular weight excluding hydrogens is 328 g/mol. The van der Waals surface area contributed by atoms with Crippen molar-refractivity contribution in [2.75, 3.05) is 0 Å². The second-order valence-electron chi connectivity index (χ2n) is 0. The van der Waals surface area contributed by atoms with E-state index in [1.54, 1.807) is 0 Å². The Morgan fingerprint density at radius 1 is 0.600 bits per heavy atom. The molecule has 3 nitrogen and oxygen atoms in total. The Morgan fingerprint density at radius 3 is 0.600 bits per heavy atom. The molecule has 0 radical (unpaired) electrons. The van der Waals surface area contributed by atoms with Crippen molar-refractivity contribution in [3.8, 4) is 0 Å². The first-order valence-electron chi connectivity index (χ1n) is 0. The fraction of sp³-hybridized carbons (Fsp3) is 0. The van der Waals surface area contributed by atoms with Crippen LogP contribution in [-0.4, -0.2) is 0 Å². The standard InChI is InChI=1S/Mo.3O.W/q;3*-2;. The van der Waals surface area contributed by atoms with Gasteiger partial charge in [-0.05, 0) is 0 Å². The third kappa shape index (κ3) is 35.3. The van der Waals surface area contributed by atoms with Gasteiger partial charge in [0.15, 0.2) is 0 Å². The Labute approximate surface area is 58.6 Å². The molecule has 0 aromatic rings. The van der Waals surface area contributed by atoms with Gasteiger partial charge in [-0.25, -0.2) is 0 Å². The summed E-state index contributed by atoms with van der Waals surface area (Å²) in [6.45, 7) is 0. The first kappa shape index (κ1) is 109.